The van der Waals surface area contributed by atoms with E-state index in [2.05, 4.69) is 5.32 Å². The number of nitrogens with one attached hydrogen (secondary N) is 1. The van der Waals surface area contributed by atoms with E-state index in [0.29, 0.717) is 24.4 Å². The van der Waals surface area contributed by atoms with E-state index in [4.69, 9.17) is 9.47 Å². The number of methoxy groups -OCH3 is 1. The number of benzene rings is 2. The molecule has 28 heavy (non-hydrogen) atoms. The quantitative estimate of drug-likeness (QED) is 0.812. The summed E-state index contributed by atoms with van der Waals surface area (Å²) in [6, 6.07) is 14.1. The second kappa shape index (κ2) is 7.38. The van der Waals surface area contributed by atoms with Crippen LogP contribution in [-0.2, 0) is 9.59 Å². The van der Waals surface area contributed by atoms with Gasteiger partial charge in [0.05, 0.1) is 7.11 Å². The fraction of sp³-hybridized carbons (Fsp3) is 0.273. The van der Waals surface area contributed by atoms with Crippen LogP contribution in [0.4, 0.5) is 5.69 Å². The van der Waals surface area contributed by atoms with E-state index in [1.807, 2.05) is 43.3 Å². The number of hydrogen-bond donors (Lipinski definition) is 1. The van der Waals surface area contributed by atoms with Crippen molar-refractivity contribution in [3.63, 3.8) is 0 Å². The van der Waals surface area contributed by atoms with Crippen molar-refractivity contribution in [2.24, 2.45) is 0 Å². The molecule has 0 radical (unpaired) electrons. The van der Waals surface area contributed by atoms with E-state index in [-0.39, 0.29) is 17.9 Å². The molecule has 1 N–H and O–H groups in total. The molecule has 2 aromatic carbocycles. The molecule has 1 fully saturated rings. The number of nitrogens with zero attached hydrogens (tertiary/aromatic N) is 1. The molecule has 0 saturated carbocycles. The van der Waals surface area contributed by atoms with Crippen molar-refractivity contribution >= 4 is 23.6 Å². The molecule has 0 bridgehead atoms. The molecule has 2 aliphatic heterocycles. The van der Waals surface area contributed by atoms with Crippen molar-refractivity contribution in [1.29, 1.82) is 0 Å². The van der Waals surface area contributed by atoms with Gasteiger partial charge in [-0.25, -0.2) is 0 Å². The van der Waals surface area contributed by atoms with E-state index in [0.717, 1.165) is 16.9 Å². The van der Waals surface area contributed by atoms with Crippen LogP contribution in [0, 0.1) is 0 Å². The number of fused-ring (bicyclic) bond motifs is 1. The van der Waals surface area contributed by atoms with Gasteiger partial charge >= 0.3 is 0 Å². The molecule has 2 aliphatic rings. The zero-order valence-electron chi connectivity index (χ0n) is 15.8. The molecule has 2 amide bonds. The van der Waals surface area contributed by atoms with E-state index in [1.54, 1.807) is 30.2 Å². The van der Waals surface area contributed by atoms with Crippen LogP contribution in [0.5, 0.6) is 11.5 Å². The highest BCUT2D eigenvalue weighted by Crippen LogP contribution is 2.34. The summed E-state index contributed by atoms with van der Waals surface area (Å²) < 4.78 is 11.2. The Hall–Kier alpha value is -3.28. The fourth-order valence-corrected chi connectivity index (χ4v) is 3.55. The summed E-state index contributed by atoms with van der Waals surface area (Å²) in [6.07, 6.45) is 2.11. The number of carbonyl (C=O) groups excluding carboxylic acids is 2. The number of rotatable bonds is 5. The van der Waals surface area contributed by atoms with Crippen LogP contribution < -0.4 is 14.8 Å². The molecule has 6 nitrogen and oxygen atoms in total. The summed E-state index contributed by atoms with van der Waals surface area (Å²) in [4.78, 5) is 27.0. The molecule has 0 unspecified atom stereocenters. The minimum atomic E-state index is -0.712. The van der Waals surface area contributed by atoms with E-state index in [1.165, 1.54) is 0 Å². The minimum Gasteiger partial charge on any atom is -0.497 e. The van der Waals surface area contributed by atoms with Crippen molar-refractivity contribution in [1.82, 2.24) is 4.90 Å². The van der Waals surface area contributed by atoms with Crippen molar-refractivity contribution in [3.8, 4) is 11.5 Å². The summed E-state index contributed by atoms with van der Waals surface area (Å²) in [7, 11) is 1.58. The lowest BCUT2D eigenvalue weighted by atomic mass is 9.92. The number of β-lactam (4-membered cyclic amide) rings is 1. The minimum absolute atomic E-state index is 0.0299. The Kier molecular flexibility index (Phi) is 4.77. The third kappa shape index (κ3) is 3.33. The van der Waals surface area contributed by atoms with Crippen molar-refractivity contribution < 1.29 is 19.1 Å². The number of ether oxygens (including phenoxy) is 2. The van der Waals surface area contributed by atoms with Gasteiger partial charge < -0.3 is 19.7 Å². The Bertz CT molecular complexity index is 953. The topological polar surface area (TPSA) is 67.9 Å². The van der Waals surface area contributed by atoms with Crippen molar-refractivity contribution in [2.45, 2.75) is 25.5 Å². The SMILES string of the molecule is COc1cccc(NC(=O)[C@H](C2=Cc3ccccc3O[C@@H]2C)N2CCC2=O)c1. The Morgan fingerprint density at radius 3 is 2.79 bits per heavy atom. The van der Waals surface area contributed by atoms with Crippen LogP contribution in [0.1, 0.15) is 18.9 Å². The third-order valence-corrected chi connectivity index (χ3v) is 5.11. The molecule has 0 aromatic heterocycles. The average molecular weight is 378 g/mol. The first kappa shape index (κ1) is 18.1. The third-order valence-electron chi connectivity index (χ3n) is 5.11. The highest BCUT2D eigenvalue weighted by atomic mass is 16.5. The second-order valence-corrected chi connectivity index (χ2v) is 6.90. The lowest BCUT2D eigenvalue weighted by molar-refractivity contribution is -0.146. The number of carbonyl (C=O) groups is 2. The maximum atomic E-state index is 13.2. The van der Waals surface area contributed by atoms with Gasteiger partial charge in [0.15, 0.2) is 0 Å². The molecule has 2 heterocycles. The fourth-order valence-electron chi connectivity index (χ4n) is 3.55. The van der Waals surface area contributed by atoms with E-state index >= 15 is 0 Å². The van der Waals surface area contributed by atoms with E-state index in [9.17, 15) is 9.59 Å². The number of amides is 2. The summed E-state index contributed by atoms with van der Waals surface area (Å²) in [5.74, 6) is 1.14. The van der Waals surface area contributed by atoms with Gasteiger partial charge in [0.1, 0.15) is 23.6 Å². The maximum Gasteiger partial charge on any atom is 0.251 e. The largest absolute Gasteiger partial charge is 0.497 e. The Balaban J connectivity index is 1.67. The summed E-state index contributed by atoms with van der Waals surface area (Å²) in [5.41, 5.74) is 2.29. The molecule has 0 spiro atoms. The standard InChI is InChI=1S/C22H22N2O4/c1-14-18(12-15-6-3-4-9-19(15)28-14)21(24-11-10-20(24)25)22(26)23-16-7-5-8-17(13-16)27-2/h3-9,12-14,21H,10-11H2,1-2H3,(H,23,26)/t14-,21+/m1/s1. The molecule has 6 heteroatoms. The van der Waals surface area contributed by atoms with Crippen LogP contribution in [0.15, 0.2) is 54.1 Å². The van der Waals surface area contributed by atoms with Crippen LogP contribution >= 0.6 is 0 Å². The van der Waals surface area contributed by atoms with Gasteiger partial charge in [-0.1, -0.05) is 24.3 Å². The zero-order valence-corrected chi connectivity index (χ0v) is 15.8. The summed E-state index contributed by atoms with van der Waals surface area (Å²) in [6.45, 7) is 2.46. The maximum absolute atomic E-state index is 13.2. The Morgan fingerprint density at radius 2 is 2.07 bits per heavy atom. The average Bonchev–Trinajstić information content (AvgIpc) is 2.70. The van der Waals surface area contributed by atoms with E-state index < -0.39 is 6.04 Å². The lowest BCUT2D eigenvalue weighted by Crippen LogP contribution is -2.57. The van der Waals surface area contributed by atoms with Crippen LogP contribution in [0.2, 0.25) is 0 Å². The van der Waals surface area contributed by atoms with Gasteiger partial charge in [0, 0.05) is 35.9 Å². The number of likely N-dealkylation sites (tertiary alicyclic amines) is 1. The van der Waals surface area contributed by atoms with Gasteiger partial charge in [0.2, 0.25) is 5.91 Å². The molecular formula is C22H22N2O4. The smallest absolute Gasteiger partial charge is 0.251 e. The predicted molar refractivity (Wildman–Crippen MR) is 106 cm³/mol. The highest BCUT2D eigenvalue weighted by molar-refractivity contribution is 6.01. The number of anilines is 1. The first-order valence-corrected chi connectivity index (χ1v) is 9.28. The molecule has 144 valence electrons. The van der Waals surface area contributed by atoms with Crippen molar-refractivity contribution in [3.05, 3.63) is 59.7 Å². The second-order valence-electron chi connectivity index (χ2n) is 6.90. The first-order chi connectivity index (χ1) is 13.6. The van der Waals surface area contributed by atoms with Crippen LogP contribution in [-0.4, -0.2) is 42.5 Å². The lowest BCUT2D eigenvalue weighted by Gasteiger charge is -2.40. The van der Waals surface area contributed by atoms with Gasteiger partial charge in [0.25, 0.3) is 5.91 Å². The Morgan fingerprint density at radius 1 is 1.25 bits per heavy atom. The molecule has 2 atom stereocenters. The van der Waals surface area contributed by atoms with Gasteiger partial charge in [-0.3, -0.25) is 9.59 Å². The highest BCUT2D eigenvalue weighted by Gasteiger charge is 2.41. The number of hydrogen-bond acceptors (Lipinski definition) is 4. The summed E-state index contributed by atoms with van der Waals surface area (Å²) in [5, 5.41) is 2.92. The molecule has 2 aromatic rings. The van der Waals surface area contributed by atoms with Gasteiger partial charge in [-0.05, 0) is 31.2 Å². The van der Waals surface area contributed by atoms with Crippen molar-refractivity contribution in [2.75, 3.05) is 19.0 Å². The van der Waals surface area contributed by atoms with Crippen LogP contribution in [0.3, 0.4) is 0 Å². The zero-order chi connectivity index (χ0) is 19.7. The number of para-hydroxylation sites is 1. The van der Waals surface area contributed by atoms with Gasteiger partial charge in [-0.2, -0.15) is 0 Å². The first-order valence-electron chi connectivity index (χ1n) is 9.28. The monoisotopic (exact) mass is 378 g/mol. The molecule has 1 saturated heterocycles. The van der Waals surface area contributed by atoms with Gasteiger partial charge in [-0.15, -0.1) is 0 Å². The van der Waals surface area contributed by atoms with Crippen LogP contribution in [0.25, 0.3) is 6.08 Å². The predicted octanol–water partition coefficient (Wildman–Crippen LogP) is 3.10. The molecule has 0 aliphatic carbocycles. The molecular weight excluding hydrogens is 356 g/mol. The summed E-state index contributed by atoms with van der Waals surface area (Å²) >= 11 is 0. The Labute approximate surface area is 163 Å². The normalized spacial score (nSPS) is 18.9. The molecule has 4 rings (SSSR count).